The normalized spacial score (nSPS) is 11.7. The first kappa shape index (κ1) is 18.5. The van der Waals surface area contributed by atoms with E-state index >= 15 is 0 Å². The molecule has 26 heavy (non-hydrogen) atoms. The number of pyridine rings is 1. The third-order valence-corrected chi connectivity index (χ3v) is 4.62. The predicted molar refractivity (Wildman–Crippen MR) is 104 cm³/mol. The van der Waals surface area contributed by atoms with Crippen molar-refractivity contribution in [1.82, 2.24) is 14.5 Å². The molecule has 0 aliphatic rings. The molecular formula is C20H23N3O2S. The minimum absolute atomic E-state index is 0.217. The minimum atomic E-state index is -0.485. The van der Waals surface area contributed by atoms with Gasteiger partial charge in [0.05, 0.1) is 12.3 Å². The van der Waals surface area contributed by atoms with E-state index in [1.165, 1.54) is 22.9 Å². The molecule has 3 aromatic rings. The van der Waals surface area contributed by atoms with E-state index in [9.17, 15) is 4.79 Å². The number of aromatic nitrogens is 3. The van der Waals surface area contributed by atoms with Crippen LogP contribution in [0.15, 0.2) is 47.8 Å². The molecule has 0 saturated heterocycles. The quantitative estimate of drug-likeness (QED) is 0.498. The number of rotatable bonds is 5. The van der Waals surface area contributed by atoms with Crippen molar-refractivity contribution in [2.24, 2.45) is 0 Å². The molecule has 0 unspecified atom stereocenters. The van der Waals surface area contributed by atoms with Gasteiger partial charge in [0.25, 0.3) is 0 Å². The fourth-order valence-corrected chi connectivity index (χ4v) is 3.34. The molecule has 0 bridgehead atoms. The van der Waals surface area contributed by atoms with Gasteiger partial charge in [-0.15, -0.1) is 0 Å². The van der Waals surface area contributed by atoms with Gasteiger partial charge in [-0.3, -0.25) is 9.36 Å². The highest BCUT2D eigenvalue weighted by molar-refractivity contribution is 7.99. The van der Waals surface area contributed by atoms with Gasteiger partial charge in [0, 0.05) is 6.20 Å². The summed E-state index contributed by atoms with van der Waals surface area (Å²) in [5, 5.41) is 0.769. The molecule has 0 aliphatic heterocycles. The Balaban J connectivity index is 1.85. The first-order valence-corrected chi connectivity index (χ1v) is 9.52. The summed E-state index contributed by atoms with van der Waals surface area (Å²) < 4.78 is 7.44. The Kier molecular flexibility index (Phi) is 5.32. The van der Waals surface area contributed by atoms with Crippen LogP contribution in [0, 0.1) is 6.92 Å². The van der Waals surface area contributed by atoms with Crippen LogP contribution in [-0.4, -0.2) is 31.9 Å². The van der Waals surface area contributed by atoms with E-state index in [0.717, 1.165) is 16.3 Å². The van der Waals surface area contributed by atoms with Crippen LogP contribution >= 0.6 is 11.8 Å². The van der Waals surface area contributed by atoms with E-state index in [-0.39, 0.29) is 11.7 Å². The number of hydrogen-bond acceptors (Lipinski definition) is 5. The number of ether oxygens (including phenoxy) is 1. The third-order valence-electron chi connectivity index (χ3n) is 3.67. The molecule has 0 N–H and O–H groups in total. The Labute approximate surface area is 157 Å². The molecule has 0 saturated carbocycles. The van der Waals surface area contributed by atoms with Gasteiger partial charge in [-0.1, -0.05) is 41.6 Å². The summed E-state index contributed by atoms with van der Waals surface area (Å²) in [6, 6.07) is 12.2. The summed E-state index contributed by atoms with van der Waals surface area (Å²) in [7, 11) is 0. The number of hydrogen-bond donors (Lipinski definition) is 0. The van der Waals surface area contributed by atoms with Crippen molar-refractivity contribution in [3.05, 3.63) is 53.7 Å². The van der Waals surface area contributed by atoms with Crippen molar-refractivity contribution in [2.45, 2.75) is 45.0 Å². The molecule has 0 radical (unpaired) electrons. The summed E-state index contributed by atoms with van der Waals surface area (Å²) in [5.74, 6) is -0.0292. The van der Waals surface area contributed by atoms with Gasteiger partial charge in [0.1, 0.15) is 11.1 Å². The molecule has 2 heterocycles. The van der Waals surface area contributed by atoms with Gasteiger partial charge >= 0.3 is 5.97 Å². The highest BCUT2D eigenvalue weighted by Crippen LogP contribution is 2.24. The number of esters is 1. The Hall–Kier alpha value is -2.34. The van der Waals surface area contributed by atoms with Crippen LogP contribution in [0.3, 0.4) is 0 Å². The van der Waals surface area contributed by atoms with Crippen LogP contribution in [0.1, 0.15) is 31.9 Å². The Bertz CT molecular complexity index is 911. The van der Waals surface area contributed by atoms with Gasteiger partial charge in [-0.05, 0) is 45.4 Å². The highest BCUT2D eigenvalue weighted by Gasteiger charge is 2.19. The number of thioether (sulfide) groups is 1. The molecular weight excluding hydrogens is 346 g/mol. The van der Waals surface area contributed by atoms with Gasteiger partial charge in [0.15, 0.2) is 10.8 Å². The SMILES string of the molecule is Cc1ccc(Cn2c(SCC(=O)OC(C)(C)C)nc3cccnc32)cc1. The molecule has 2 aromatic heterocycles. The zero-order chi connectivity index (χ0) is 18.7. The summed E-state index contributed by atoms with van der Waals surface area (Å²) >= 11 is 1.38. The zero-order valence-electron chi connectivity index (χ0n) is 15.5. The topological polar surface area (TPSA) is 57.0 Å². The van der Waals surface area contributed by atoms with E-state index in [0.29, 0.717) is 6.54 Å². The second-order valence-electron chi connectivity index (χ2n) is 7.19. The lowest BCUT2D eigenvalue weighted by Crippen LogP contribution is -2.25. The average Bonchev–Trinajstić information content (AvgIpc) is 2.91. The Morgan fingerprint density at radius 1 is 1.19 bits per heavy atom. The molecule has 0 atom stereocenters. The highest BCUT2D eigenvalue weighted by atomic mass is 32.2. The maximum atomic E-state index is 12.1. The van der Waals surface area contributed by atoms with Crippen molar-refractivity contribution < 1.29 is 9.53 Å². The predicted octanol–water partition coefficient (Wildman–Crippen LogP) is 4.22. The van der Waals surface area contributed by atoms with Crippen molar-refractivity contribution in [1.29, 1.82) is 0 Å². The van der Waals surface area contributed by atoms with E-state index in [4.69, 9.17) is 4.74 Å². The summed E-state index contributed by atoms with van der Waals surface area (Å²) in [5.41, 5.74) is 3.55. The van der Waals surface area contributed by atoms with E-state index in [2.05, 4.69) is 45.7 Å². The van der Waals surface area contributed by atoms with Gasteiger partial charge < -0.3 is 4.74 Å². The Morgan fingerprint density at radius 3 is 2.62 bits per heavy atom. The molecule has 5 nitrogen and oxygen atoms in total. The first-order chi connectivity index (χ1) is 12.3. The fourth-order valence-electron chi connectivity index (χ4n) is 2.56. The maximum absolute atomic E-state index is 12.1. The molecule has 6 heteroatoms. The molecule has 0 amide bonds. The van der Waals surface area contributed by atoms with Crippen molar-refractivity contribution >= 4 is 28.9 Å². The van der Waals surface area contributed by atoms with E-state index in [1.54, 1.807) is 6.20 Å². The average molecular weight is 369 g/mol. The van der Waals surface area contributed by atoms with Gasteiger partial charge in [-0.25, -0.2) is 9.97 Å². The lowest BCUT2D eigenvalue weighted by molar-refractivity contribution is -0.151. The van der Waals surface area contributed by atoms with Crippen LogP contribution < -0.4 is 0 Å². The van der Waals surface area contributed by atoms with Crippen LogP contribution in [0.2, 0.25) is 0 Å². The van der Waals surface area contributed by atoms with Crippen LogP contribution in [0.4, 0.5) is 0 Å². The van der Waals surface area contributed by atoms with Crippen molar-refractivity contribution in [2.75, 3.05) is 5.75 Å². The second-order valence-corrected chi connectivity index (χ2v) is 8.13. The lowest BCUT2D eigenvalue weighted by atomic mass is 10.1. The minimum Gasteiger partial charge on any atom is -0.459 e. The lowest BCUT2D eigenvalue weighted by Gasteiger charge is -2.19. The number of aryl methyl sites for hydroxylation is 1. The second kappa shape index (κ2) is 7.50. The number of carbonyl (C=O) groups is 1. The summed E-state index contributed by atoms with van der Waals surface area (Å²) in [6.07, 6.45) is 1.76. The van der Waals surface area contributed by atoms with Crippen LogP contribution in [0.25, 0.3) is 11.2 Å². The molecule has 0 fully saturated rings. The number of nitrogens with zero attached hydrogens (tertiary/aromatic N) is 3. The van der Waals surface area contributed by atoms with Crippen molar-refractivity contribution in [3.8, 4) is 0 Å². The summed E-state index contributed by atoms with van der Waals surface area (Å²) in [6.45, 7) is 8.33. The largest absolute Gasteiger partial charge is 0.459 e. The smallest absolute Gasteiger partial charge is 0.316 e. The number of imidazole rings is 1. The molecule has 3 rings (SSSR count). The van der Waals surface area contributed by atoms with Gasteiger partial charge in [0.2, 0.25) is 0 Å². The third kappa shape index (κ3) is 4.64. The van der Waals surface area contributed by atoms with Crippen LogP contribution in [0.5, 0.6) is 0 Å². The maximum Gasteiger partial charge on any atom is 0.316 e. The Morgan fingerprint density at radius 2 is 1.92 bits per heavy atom. The zero-order valence-corrected chi connectivity index (χ0v) is 16.3. The van der Waals surface area contributed by atoms with Crippen LogP contribution in [-0.2, 0) is 16.1 Å². The van der Waals surface area contributed by atoms with E-state index < -0.39 is 5.60 Å². The summed E-state index contributed by atoms with van der Waals surface area (Å²) in [4.78, 5) is 21.2. The monoisotopic (exact) mass is 369 g/mol. The molecule has 1 aromatic carbocycles. The number of benzene rings is 1. The first-order valence-electron chi connectivity index (χ1n) is 8.53. The van der Waals surface area contributed by atoms with Gasteiger partial charge in [-0.2, -0.15) is 0 Å². The fraction of sp³-hybridized carbons (Fsp3) is 0.350. The van der Waals surface area contributed by atoms with Crippen molar-refractivity contribution in [3.63, 3.8) is 0 Å². The molecule has 0 aliphatic carbocycles. The molecule has 0 spiro atoms. The standard InChI is InChI=1S/C20H23N3O2S/c1-14-7-9-15(10-8-14)12-23-18-16(6-5-11-21-18)22-19(23)26-13-17(24)25-20(2,3)4/h5-11H,12-13H2,1-4H3. The number of fused-ring (bicyclic) bond motifs is 1. The number of carbonyl (C=O) groups excluding carboxylic acids is 1. The molecule has 136 valence electrons. The van der Waals surface area contributed by atoms with E-state index in [1.807, 2.05) is 32.9 Å².